The predicted octanol–water partition coefficient (Wildman–Crippen LogP) is 7.33. The lowest BCUT2D eigenvalue weighted by Gasteiger charge is -2.27. The van der Waals surface area contributed by atoms with Crippen molar-refractivity contribution in [2.75, 3.05) is 4.90 Å². The Morgan fingerprint density at radius 2 is 1.86 bits per heavy atom. The number of nitrogens with zero attached hydrogens (tertiary/aromatic N) is 1. The van der Waals surface area contributed by atoms with Gasteiger partial charge in [-0.15, -0.1) is 0 Å². The molecule has 0 bridgehead atoms. The molecule has 0 saturated heterocycles. The Morgan fingerprint density at radius 3 is 2.54 bits per heavy atom. The zero-order chi connectivity index (χ0) is 24.9. The van der Waals surface area contributed by atoms with Gasteiger partial charge < -0.3 is 9.52 Å². The molecule has 1 aromatic heterocycles. The molecular formula is C27H18BrClFNO4. The van der Waals surface area contributed by atoms with E-state index in [9.17, 15) is 19.1 Å². The minimum atomic E-state index is -0.970. The van der Waals surface area contributed by atoms with Gasteiger partial charge in [0.15, 0.2) is 11.5 Å². The highest BCUT2D eigenvalue weighted by Gasteiger charge is 2.45. The summed E-state index contributed by atoms with van der Waals surface area (Å²) in [6.07, 6.45) is 0.808. The molecule has 2 heterocycles. The molecule has 8 heteroatoms. The van der Waals surface area contributed by atoms with E-state index in [1.807, 2.05) is 19.1 Å². The number of furan rings is 1. The summed E-state index contributed by atoms with van der Waals surface area (Å²) in [4.78, 5) is 28.2. The molecule has 0 spiro atoms. The van der Waals surface area contributed by atoms with Gasteiger partial charge in [-0.1, -0.05) is 58.7 Å². The maximum Gasteiger partial charge on any atom is 0.294 e. The number of anilines is 1. The first-order valence-corrected chi connectivity index (χ1v) is 12.0. The van der Waals surface area contributed by atoms with Gasteiger partial charge in [-0.05, 0) is 60.0 Å². The molecule has 176 valence electrons. The van der Waals surface area contributed by atoms with Gasteiger partial charge in [0.2, 0.25) is 5.78 Å². The second kappa shape index (κ2) is 8.98. The van der Waals surface area contributed by atoms with Gasteiger partial charge >= 0.3 is 0 Å². The molecule has 1 aliphatic heterocycles. The number of Topliss-reactive ketones (excluding diaryl/α,β-unsaturated/α-hetero) is 1. The van der Waals surface area contributed by atoms with Crippen LogP contribution in [0.4, 0.5) is 10.1 Å². The highest BCUT2D eigenvalue weighted by molar-refractivity contribution is 9.10. The number of fused-ring (bicyclic) bond motifs is 1. The first kappa shape index (κ1) is 23.3. The molecule has 35 heavy (non-hydrogen) atoms. The minimum Gasteiger partial charge on any atom is -0.503 e. The molecule has 0 radical (unpaired) electrons. The largest absolute Gasteiger partial charge is 0.503 e. The van der Waals surface area contributed by atoms with Crippen molar-refractivity contribution >= 4 is 55.9 Å². The Hall–Kier alpha value is -3.42. The number of carbonyl (C=O) groups excluding carboxylic acids is 2. The Bertz CT molecular complexity index is 1530. The lowest BCUT2D eigenvalue weighted by atomic mass is 9.94. The summed E-state index contributed by atoms with van der Waals surface area (Å²) in [6, 6.07) is 17.1. The SMILES string of the molecule is CCc1ccc(C2C(C(=O)c3cc4cc(Br)ccc4o3)=C(O)C(=O)N2c2ccc(F)c(Cl)c2)cc1. The third kappa shape index (κ3) is 4.05. The lowest BCUT2D eigenvalue weighted by Crippen LogP contribution is -2.31. The van der Waals surface area contributed by atoms with E-state index < -0.39 is 29.3 Å². The van der Waals surface area contributed by atoms with Crippen LogP contribution in [0.2, 0.25) is 5.02 Å². The topological polar surface area (TPSA) is 70.7 Å². The molecule has 1 atom stereocenters. The Kier molecular flexibility index (Phi) is 5.99. The van der Waals surface area contributed by atoms with Crippen LogP contribution < -0.4 is 4.90 Å². The van der Waals surface area contributed by atoms with Crippen LogP contribution in [0.15, 0.2) is 87.0 Å². The van der Waals surface area contributed by atoms with Crippen molar-refractivity contribution in [3.63, 3.8) is 0 Å². The first-order chi connectivity index (χ1) is 16.8. The molecule has 1 N–H and O–H groups in total. The first-order valence-electron chi connectivity index (χ1n) is 10.8. The summed E-state index contributed by atoms with van der Waals surface area (Å²) in [5.41, 5.74) is 2.28. The molecule has 5 rings (SSSR count). The summed E-state index contributed by atoms with van der Waals surface area (Å²) in [5.74, 6) is -2.76. The Morgan fingerprint density at radius 1 is 1.11 bits per heavy atom. The van der Waals surface area contributed by atoms with E-state index >= 15 is 0 Å². The predicted molar refractivity (Wildman–Crippen MR) is 135 cm³/mol. The Labute approximate surface area is 213 Å². The van der Waals surface area contributed by atoms with Gasteiger partial charge in [0, 0.05) is 15.5 Å². The molecule has 1 unspecified atom stereocenters. The number of aliphatic hydroxyl groups is 1. The van der Waals surface area contributed by atoms with E-state index in [2.05, 4.69) is 15.9 Å². The zero-order valence-corrected chi connectivity index (χ0v) is 20.7. The van der Waals surface area contributed by atoms with Gasteiger partial charge in [-0.2, -0.15) is 0 Å². The third-order valence-electron chi connectivity index (χ3n) is 6.04. The average Bonchev–Trinajstić information content (AvgIpc) is 3.39. The summed E-state index contributed by atoms with van der Waals surface area (Å²) < 4.78 is 20.4. The van der Waals surface area contributed by atoms with Crippen LogP contribution in [0.5, 0.6) is 0 Å². The fourth-order valence-electron chi connectivity index (χ4n) is 4.25. The van der Waals surface area contributed by atoms with E-state index in [0.717, 1.165) is 22.5 Å². The third-order valence-corrected chi connectivity index (χ3v) is 6.82. The van der Waals surface area contributed by atoms with Crippen LogP contribution in [-0.2, 0) is 11.2 Å². The summed E-state index contributed by atoms with van der Waals surface area (Å²) in [7, 11) is 0. The molecule has 3 aromatic carbocycles. The molecular weight excluding hydrogens is 537 g/mol. The number of amides is 1. The molecule has 0 aliphatic carbocycles. The maximum atomic E-state index is 13.9. The maximum absolute atomic E-state index is 13.9. The van der Waals surface area contributed by atoms with E-state index in [0.29, 0.717) is 16.5 Å². The fraction of sp³-hybridized carbons (Fsp3) is 0.111. The number of benzene rings is 3. The van der Waals surface area contributed by atoms with Crippen LogP contribution in [-0.4, -0.2) is 16.8 Å². The van der Waals surface area contributed by atoms with Crippen molar-refractivity contribution in [1.29, 1.82) is 0 Å². The number of halogens is 3. The normalized spacial score (nSPS) is 15.9. The van der Waals surface area contributed by atoms with Gasteiger partial charge in [0.05, 0.1) is 16.6 Å². The Balaban J connectivity index is 1.66. The fourth-order valence-corrected chi connectivity index (χ4v) is 4.80. The number of rotatable bonds is 5. The van der Waals surface area contributed by atoms with Gasteiger partial charge in [0.1, 0.15) is 11.4 Å². The molecule has 5 nitrogen and oxygen atoms in total. The van der Waals surface area contributed by atoms with Crippen LogP contribution in [0.1, 0.15) is 34.6 Å². The molecule has 4 aromatic rings. The zero-order valence-electron chi connectivity index (χ0n) is 18.4. The number of carbonyl (C=O) groups is 2. The number of hydrogen-bond donors (Lipinski definition) is 1. The van der Waals surface area contributed by atoms with Crippen molar-refractivity contribution in [3.05, 3.63) is 110 Å². The van der Waals surface area contributed by atoms with Crippen molar-refractivity contribution in [3.8, 4) is 0 Å². The van der Waals surface area contributed by atoms with Gasteiger partial charge in [-0.3, -0.25) is 14.5 Å². The summed E-state index contributed by atoms with van der Waals surface area (Å²) in [6.45, 7) is 2.02. The number of aryl methyl sites for hydroxylation is 1. The lowest BCUT2D eigenvalue weighted by molar-refractivity contribution is -0.117. The van der Waals surface area contributed by atoms with Crippen LogP contribution in [0, 0.1) is 5.82 Å². The average molecular weight is 555 g/mol. The molecule has 1 aliphatic rings. The number of ketones is 1. The van der Waals surface area contributed by atoms with E-state index in [1.165, 1.54) is 17.0 Å². The standard InChI is InChI=1S/C27H18BrClFNO4/c1-2-14-3-5-15(6-4-14)24-23(25(32)22-12-16-11-17(28)7-10-21(16)35-22)26(33)27(34)31(24)18-8-9-20(30)19(29)13-18/h3-13,24,33H,2H2,1H3. The van der Waals surface area contributed by atoms with Crippen LogP contribution >= 0.6 is 27.5 Å². The van der Waals surface area contributed by atoms with Gasteiger partial charge in [0.25, 0.3) is 5.91 Å². The molecule has 1 amide bonds. The van der Waals surface area contributed by atoms with Crippen molar-refractivity contribution in [1.82, 2.24) is 0 Å². The number of aliphatic hydroxyl groups excluding tert-OH is 1. The van der Waals surface area contributed by atoms with Crippen molar-refractivity contribution in [2.45, 2.75) is 19.4 Å². The quantitative estimate of drug-likeness (QED) is 0.262. The van der Waals surface area contributed by atoms with Crippen LogP contribution in [0.25, 0.3) is 11.0 Å². The smallest absolute Gasteiger partial charge is 0.294 e. The highest BCUT2D eigenvalue weighted by atomic mass is 79.9. The monoisotopic (exact) mass is 553 g/mol. The minimum absolute atomic E-state index is 0.0124. The second-order valence-corrected chi connectivity index (χ2v) is 9.48. The van der Waals surface area contributed by atoms with Gasteiger partial charge in [-0.25, -0.2) is 4.39 Å². The highest BCUT2D eigenvalue weighted by Crippen LogP contribution is 2.43. The van der Waals surface area contributed by atoms with Crippen molar-refractivity contribution in [2.24, 2.45) is 0 Å². The van der Waals surface area contributed by atoms with Crippen LogP contribution in [0.3, 0.4) is 0 Å². The summed E-state index contributed by atoms with van der Waals surface area (Å²) in [5, 5.41) is 11.4. The second-order valence-electron chi connectivity index (χ2n) is 8.16. The van der Waals surface area contributed by atoms with Crippen molar-refractivity contribution < 1.29 is 23.5 Å². The molecule has 0 fully saturated rings. The number of hydrogen-bond acceptors (Lipinski definition) is 4. The summed E-state index contributed by atoms with van der Waals surface area (Å²) >= 11 is 9.38. The van der Waals surface area contributed by atoms with E-state index in [4.69, 9.17) is 16.0 Å². The molecule has 0 saturated carbocycles. The van der Waals surface area contributed by atoms with E-state index in [1.54, 1.807) is 36.4 Å². The van der Waals surface area contributed by atoms with E-state index in [-0.39, 0.29) is 22.0 Å².